The van der Waals surface area contributed by atoms with Gasteiger partial charge in [-0.05, 0) is 74.6 Å². The number of unbranched alkanes of at least 4 members (excludes halogenated alkanes) is 10. The Balaban J connectivity index is 1.36. The normalized spacial score (nSPS) is 15.0. The van der Waals surface area contributed by atoms with E-state index >= 15 is 0 Å². The van der Waals surface area contributed by atoms with E-state index in [1.807, 2.05) is 18.5 Å². The molecule has 0 saturated heterocycles. The number of aryl methyl sites for hydroxylation is 1. The van der Waals surface area contributed by atoms with Crippen molar-refractivity contribution in [3.63, 3.8) is 0 Å². The Kier molecular flexibility index (Phi) is 13.9. The molecule has 0 unspecified atom stereocenters. The average molecular weight is 409 g/mol. The van der Waals surface area contributed by atoms with E-state index in [4.69, 9.17) is 4.99 Å². The molecule has 2 nitrogen and oxygen atoms in total. The highest BCUT2D eigenvalue weighted by atomic mass is 14.7. The molecule has 0 spiro atoms. The summed E-state index contributed by atoms with van der Waals surface area (Å²) < 4.78 is 0. The van der Waals surface area contributed by atoms with Crippen LogP contribution in [-0.2, 0) is 6.42 Å². The number of hydrogen-bond donors (Lipinski definition) is 0. The summed E-state index contributed by atoms with van der Waals surface area (Å²) in [6.07, 6.45) is 31.9. The number of aliphatic imine (C=N–C) groups is 1. The largest absolute Gasteiger partial charge is 0.293 e. The van der Waals surface area contributed by atoms with Crippen LogP contribution in [0.4, 0.5) is 0 Å². The molecule has 0 fully saturated rings. The van der Waals surface area contributed by atoms with Gasteiger partial charge in [0.2, 0.25) is 0 Å². The summed E-state index contributed by atoms with van der Waals surface area (Å²) >= 11 is 0. The lowest BCUT2D eigenvalue weighted by atomic mass is 9.92. The smallest absolute Gasteiger partial charge is 0.0389 e. The number of allylic oxidation sites excluding steroid dienone is 4. The van der Waals surface area contributed by atoms with Gasteiger partial charge in [-0.3, -0.25) is 9.98 Å². The van der Waals surface area contributed by atoms with E-state index in [0.29, 0.717) is 0 Å². The molecule has 166 valence electrons. The van der Waals surface area contributed by atoms with Crippen molar-refractivity contribution in [1.82, 2.24) is 4.98 Å². The van der Waals surface area contributed by atoms with Crippen LogP contribution in [0.1, 0.15) is 109 Å². The van der Waals surface area contributed by atoms with E-state index in [1.165, 1.54) is 119 Å². The van der Waals surface area contributed by atoms with Crippen LogP contribution in [0.3, 0.4) is 0 Å². The molecule has 1 aromatic rings. The lowest BCUT2D eigenvalue weighted by molar-refractivity contribution is 0.547. The van der Waals surface area contributed by atoms with Crippen LogP contribution in [0.2, 0.25) is 0 Å². The molecule has 0 atom stereocenters. The van der Waals surface area contributed by atoms with Crippen LogP contribution in [-0.4, -0.2) is 17.7 Å². The van der Waals surface area contributed by atoms with Gasteiger partial charge in [0.25, 0.3) is 0 Å². The highest BCUT2D eigenvalue weighted by molar-refractivity contribution is 5.80. The summed E-state index contributed by atoms with van der Waals surface area (Å²) in [7, 11) is 0. The molecule has 0 amide bonds. The maximum atomic E-state index is 4.71. The molecule has 0 saturated carbocycles. The molecule has 1 aliphatic rings. The molecule has 0 aliphatic heterocycles. The van der Waals surface area contributed by atoms with Crippen molar-refractivity contribution in [2.75, 3.05) is 6.54 Å². The van der Waals surface area contributed by atoms with Crippen molar-refractivity contribution < 1.29 is 0 Å². The van der Waals surface area contributed by atoms with Gasteiger partial charge in [-0.2, -0.15) is 0 Å². The summed E-state index contributed by atoms with van der Waals surface area (Å²) in [4.78, 5) is 8.90. The van der Waals surface area contributed by atoms with E-state index in [1.54, 1.807) is 0 Å². The first-order valence-electron chi connectivity index (χ1n) is 12.6. The van der Waals surface area contributed by atoms with Crippen molar-refractivity contribution in [3.05, 3.63) is 53.4 Å². The van der Waals surface area contributed by atoms with Crippen LogP contribution >= 0.6 is 0 Å². The predicted octanol–water partition coefficient (Wildman–Crippen LogP) is 8.43. The second-order valence-electron chi connectivity index (χ2n) is 8.79. The van der Waals surface area contributed by atoms with Gasteiger partial charge in [-0.25, -0.2) is 0 Å². The van der Waals surface area contributed by atoms with E-state index in [2.05, 4.69) is 36.3 Å². The number of rotatable bonds is 16. The second kappa shape index (κ2) is 17.0. The second-order valence-corrected chi connectivity index (χ2v) is 8.79. The maximum Gasteiger partial charge on any atom is 0.0389 e. The number of hydrogen-bond acceptors (Lipinski definition) is 2. The third-order valence-electron chi connectivity index (χ3n) is 6.15. The average Bonchev–Trinajstić information content (AvgIpc) is 2.78. The molecule has 30 heavy (non-hydrogen) atoms. The van der Waals surface area contributed by atoms with E-state index in [9.17, 15) is 0 Å². The van der Waals surface area contributed by atoms with Gasteiger partial charge in [0.05, 0.1) is 0 Å². The van der Waals surface area contributed by atoms with E-state index in [0.717, 1.165) is 6.54 Å². The molecular formula is C28H44N2. The first-order chi connectivity index (χ1) is 14.9. The first kappa shape index (κ1) is 24.6. The molecule has 1 aliphatic carbocycles. The van der Waals surface area contributed by atoms with E-state index < -0.39 is 0 Å². The van der Waals surface area contributed by atoms with Crippen LogP contribution in [0.5, 0.6) is 0 Å². The Morgan fingerprint density at radius 2 is 1.47 bits per heavy atom. The van der Waals surface area contributed by atoms with Crippen molar-refractivity contribution in [2.45, 2.75) is 110 Å². The van der Waals surface area contributed by atoms with Crippen LogP contribution in [0.15, 0.2) is 52.8 Å². The molecule has 0 aromatic carbocycles. The molecule has 0 radical (unpaired) electrons. The third-order valence-corrected chi connectivity index (χ3v) is 6.15. The Labute approximate surface area is 186 Å². The summed E-state index contributed by atoms with van der Waals surface area (Å²) in [5, 5.41) is 0. The Morgan fingerprint density at radius 3 is 2.10 bits per heavy atom. The minimum atomic E-state index is 1.01. The first-order valence-corrected chi connectivity index (χ1v) is 12.6. The lowest BCUT2D eigenvalue weighted by Crippen LogP contribution is -2.00. The number of nitrogens with zero attached hydrogens (tertiary/aromatic N) is 2. The lowest BCUT2D eigenvalue weighted by Gasteiger charge is -2.14. The topological polar surface area (TPSA) is 25.2 Å². The van der Waals surface area contributed by atoms with Gasteiger partial charge in [0.1, 0.15) is 0 Å². The number of aromatic nitrogens is 1. The Hall–Kier alpha value is -1.70. The Bertz CT molecular complexity index is 627. The summed E-state index contributed by atoms with van der Waals surface area (Å²) in [5.74, 6) is 0. The zero-order valence-corrected chi connectivity index (χ0v) is 19.5. The predicted molar refractivity (Wildman–Crippen MR) is 132 cm³/mol. The van der Waals surface area contributed by atoms with Crippen LogP contribution < -0.4 is 0 Å². The van der Waals surface area contributed by atoms with E-state index in [-0.39, 0.29) is 0 Å². The summed E-state index contributed by atoms with van der Waals surface area (Å²) in [6.45, 7) is 3.12. The molecule has 1 aromatic heterocycles. The highest BCUT2D eigenvalue weighted by Crippen LogP contribution is 2.24. The monoisotopic (exact) mass is 408 g/mol. The molecule has 0 bridgehead atoms. The molecule has 0 N–H and O–H groups in total. The zero-order valence-electron chi connectivity index (χ0n) is 19.5. The third kappa shape index (κ3) is 11.5. The maximum absolute atomic E-state index is 4.71. The quantitative estimate of drug-likeness (QED) is 0.199. The fraction of sp³-hybridized carbons (Fsp3) is 0.643. The fourth-order valence-electron chi connectivity index (χ4n) is 4.33. The summed E-state index contributed by atoms with van der Waals surface area (Å²) in [6, 6.07) is 4.23. The summed E-state index contributed by atoms with van der Waals surface area (Å²) in [5.41, 5.74) is 4.38. The standard InChI is InChI=1S/C28H44N2/c1-2-17-27-20-13-14-21-28(27)25-30-22-15-11-9-7-5-3-4-6-8-10-12-18-26-19-16-23-29-24-26/h2,16-17,19,23-25H,3-15,18,20-22H2,1H3/b17-2-,30-25?. The van der Waals surface area contributed by atoms with Crippen LogP contribution in [0, 0.1) is 0 Å². The zero-order chi connectivity index (χ0) is 21.1. The van der Waals surface area contributed by atoms with Crippen LogP contribution in [0.25, 0.3) is 0 Å². The van der Waals surface area contributed by atoms with Gasteiger partial charge in [0, 0.05) is 25.2 Å². The minimum Gasteiger partial charge on any atom is -0.293 e. The molecule has 2 heteroatoms. The van der Waals surface area contributed by atoms with Gasteiger partial charge in [-0.1, -0.05) is 76.0 Å². The molecule has 2 rings (SSSR count). The molecule has 1 heterocycles. The van der Waals surface area contributed by atoms with Crippen molar-refractivity contribution in [1.29, 1.82) is 0 Å². The van der Waals surface area contributed by atoms with Gasteiger partial charge < -0.3 is 0 Å². The fourth-order valence-corrected chi connectivity index (χ4v) is 4.33. The minimum absolute atomic E-state index is 1.01. The van der Waals surface area contributed by atoms with Gasteiger partial charge in [-0.15, -0.1) is 0 Å². The van der Waals surface area contributed by atoms with Crippen molar-refractivity contribution in [3.8, 4) is 0 Å². The SMILES string of the molecule is C/C=C\C1=C(C=NCCCCCCCCCCCCCc2cccnc2)CCCC1. The van der Waals surface area contributed by atoms with Crippen molar-refractivity contribution >= 4 is 6.21 Å². The molecular weight excluding hydrogens is 364 g/mol. The van der Waals surface area contributed by atoms with Gasteiger partial charge in [0.15, 0.2) is 0 Å². The Morgan fingerprint density at radius 1 is 0.833 bits per heavy atom. The van der Waals surface area contributed by atoms with Crippen molar-refractivity contribution in [2.24, 2.45) is 4.99 Å². The number of pyridine rings is 1. The van der Waals surface area contributed by atoms with Gasteiger partial charge >= 0.3 is 0 Å². The highest BCUT2D eigenvalue weighted by Gasteiger charge is 2.08.